The minimum absolute atomic E-state index is 0.0377. The van der Waals surface area contributed by atoms with Crippen molar-refractivity contribution in [1.29, 1.82) is 5.26 Å². The Kier molecular flexibility index (Phi) is 6.45. The van der Waals surface area contributed by atoms with Gasteiger partial charge < -0.3 is 15.4 Å². The largest absolute Gasteiger partial charge is 0.469 e. The molecule has 2 N–H and O–H groups in total. The van der Waals surface area contributed by atoms with Crippen LogP contribution in [0, 0.1) is 11.3 Å². The molecule has 0 unspecified atom stereocenters. The molecule has 182 valence electrons. The van der Waals surface area contributed by atoms with Crippen molar-refractivity contribution in [2.24, 2.45) is 7.05 Å². The van der Waals surface area contributed by atoms with Gasteiger partial charge in [0, 0.05) is 42.5 Å². The van der Waals surface area contributed by atoms with Crippen LogP contribution in [-0.2, 0) is 12.5 Å². The molecule has 1 aliphatic heterocycles. The van der Waals surface area contributed by atoms with Gasteiger partial charge in [0.15, 0.2) is 0 Å². The number of fused-ring (bicyclic) bond motifs is 1. The van der Waals surface area contributed by atoms with Crippen LogP contribution in [0.1, 0.15) is 36.6 Å². The number of benzene rings is 2. The molecule has 7 nitrogen and oxygen atoms in total. The molecular formula is C29H30N6O. The Balaban J connectivity index is 1.35. The van der Waals surface area contributed by atoms with Gasteiger partial charge in [-0.3, -0.25) is 4.68 Å². The lowest BCUT2D eigenvalue weighted by Crippen LogP contribution is -2.46. The molecule has 0 radical (unpaired) electrons. The van der Waals surface area contributed by atoms with Crippen LogP contribution in [0.2, 0.25) is 0 Å². The molecule has 0 spiro atoms. The second-order valence-electron chi connectivity index (χ2n) is 9.86. The maximum absolute atomic E-state index is 9.13. The lowest BCUT2D eigenvalue weighted by molar-refractivity contribution is 0.147. The molecule has 7 heteroatoms. The highest BCUT2D eigenvalue weighted by molar-refractivity contribution is 5.69. The highest BCUT2D eigenvalue weighted by Crippen LogP contribution is 2.34. The molecule has 0 saturated carbocycles. The SMILES string of the molecule is Cn1cc(-c2cnc3c(c2)NC[C@@H]([C@H](NCC(C)(C)c2ccc(C#N)cc2)c2ccccc2)O3)cn1. The first-order valence-electron chi connectivity index (χ1n) is 12.1. The molecule has 2 atom stereocenters. The summed E-state index contributed by atoms with van der Waals surface area (Å²) in [5.74, 6) is 0.605. The summed E-state index contributed by atoms with van der Waals surface area (Å²) in [6, 6.07) is 22.4. The Bertz CT molecular complexity index is 1370. The van der Waals surface area contributed by atoms with Gasteiger partial charge >= 0.3 is 0 Å². The summed E-state index contributed by atoms with van der Waals surface area (Å²) >= 11 is 0. The maximum Gasteiger partial charge on any atom is 0.237 e. The number of hydrogen-bond acceptors (Lipinski definition) is 6. The quantitative estimate of drug-likeness (QED) is 0.395. The van der Waals surface area contributed by atoms with Crippen LogP contribution < -0.4 is 15.4 Å². The fourth-order valence-electron chi connectivity index (χ4n) is 4.57. The van der Waals surface area contributed by atoms with E-state index in [2.05, 4.69) is 71.0 Å². The van der Waals surface area contributed by atoms with E-state index in [1.54, 1.807) is 4.68 Å². The zero-order valence-corrected chi connectivity index (χ0v) is 20.8. The smallest absolute Gasteiger partial charge is 0.237 e. The molecule has 0 fully saturated rings. The maximum atomic E-state index is 9.13. The summed E-state index contributed by atoms with van der Waals surface area (Å²) < 4.78 is 8.23. The van der Waals surface area contributed by atoms with E-state index >= 15 is 0 Å². The van der Waals surface area contributed by atoms with Gasteiger partial charge in [0.2, 0.25) is 5.88 Å². The molecule has 5 rings (SSSR count). The van der Waals surface area contributed by atoms with E-state index < -0.39 is 0 Å². The van der Waals surface area contributed by atoms with Gasteiger partial charge in [0.1, 0.15) is 6.10 Å². The van der Waals surface area contributed by atoms with Crippen LogP contribution in [0.5, 0.6) is 5.88 Å². The normalized spacial score (nSPS) is 15.8. The first kappa shape index (κ1) is 23.6. The van der Waals surface area contributed by atoms with Crippen LogP contribution >= 0.6 is 0 Å². The molecular weight excluding hydrogens is 448 g/mol. The van der Waals surface area contributed by atoms with Gasteiger partial charge in [0.25, 0.3) is 0 Å². The summed E-state index contributed by atoms with van der Waals surface area (Å²) in [5, 5.41) is 20.7. The van der Waals surface area contributed by atoms with Gasteiger partial charge in [-0.1, -0.05) is 56.3 Å². The Morgan fingerprint density at radius 3 is 2.61 bits per heavy atom. The molecule has 0 amide bonds. The summed E-state index contributed by atoms with van der Waals surface area (Å²) in [5.41, 5.74) is 5.77. The fourth-order valence-corrected chi connectivity index (χ4v) is 4.57. The van der Waals surface area contributed by atoms with Crippen LogP contribution in [0.3, 0.4) is 0 Å². The van der Waals surface area contributed by atoms with Crippen molar-refractivity contribution in [3.8, 4) is 23.1 Å². The number of aromatic nitrogens is 3. The highest BCUT2D eigenvalue weighted by Gasteiger charge is 2.32. The van der Waals surface area contributed by atoms with E-state index in [1.807, 2.05) is 56.0 Å². The van der Waals surface area contributed by atoms with E-state index in [4.69, 9.17) is 10.00 Å². The van der Waals surface area contributed by atoms with E-state index in [0.717, 1.165) is 28.9 Å². The minimum Gasteiger partial charge on any atom is -0.469 e. The van der Waals surface area contributed by atoms with E-state index in [9.17, 15) is 0 Å². The van der Waals surface area contributed by atoms with E-state index in [0.29, 0.717) is 18.0 Å². The monoisotopic (exact) mass is 478 g/mol. The number of hydrogen-bond donors (Lipinski definition) is 2. The number of aryl methyl sites for hydroxylation is 1. The average Bonchev–Trinajstić information content (AvgIpc) is 3.35. The van der Waals surface area contributed by atoms with Gasteiger partial charge in [-0.05, 0) is 29.3 Å². The molecule has 36 heavy (non-hydrogen) atoms. The van der Waals surface area contributed by atoms with Crippen LogP contribution in [0.15, 0.2) is 79.3 Å². The average molecular weight is 479 g/mol. The predicted octanol–water partition coefficient (Wildman–Crippen LogP) is 4.84. The molecule has 3 heterocycles. The van der Waals surface area contributed by atoms with Crippen molar-refractivity contribution in [3.63, 3.8) is 0 Å². The zero-order chi connectivity index (χ0) is 25.1. The Morgan fingerprint density at radius 2 is 1.92 bits per heavy atom. The molecule has 1 aliphatic rings. The second kappa shape index (κ2) is 9.84. The van der Waals surface area contributed by atoms with Crippen molar-refractivity contribution < 1.29 is 4.74 Å². The van der Waals surface area contributed by atoms with Gasteiger partial charge in [-0.15, -0.1) is 0 Å². The Hall–Kier alpha value is -4.15. The molecule has 4 aromatic rings. The van der Waals surface area contributed by atoms with Crippen LogP contribution in [0.25, 0.3) is 11.1 Å². The molecule has 2 aromatic carbocycles. The van der Waals surface area contributed by atoms with E-state index in [1.165, 1.54) is 5.56 Å². The van der Waals surface area contributed by atoms with Crippen molar-refractivity contribution in [2.75, 3.05) is 18.4 Å². The van der Waals surface area contributed by atoms with Crippen LogP contribution in [0.4, 0.5) is 5.69 Å². The van der Waals surface area contributed by atoms with Gasteiger partial charge in [0.05, 0.1) is 36.1 Å². The second-order valence-corrected chi connectivity index (χ2v) is 9.86. The standard InChI is InChI=1S/C29H30N6O/c1-29(2,24-11-9-20(14-30)10-12-24)19-33-27(21-7-5-4-6-8-21)26-17-31-25-13-22(15-32-28(25)36-26)23-16-34-35(3)18-23/h4-13,15-16,18,26-27,31,33H,17,19H2,1-3H3/t26-,27+/m0/s1. The minimum atomic E-state index is -0.145. The lowest BCUT2D eigenvalue weighted by atomic mass is 9.83. The van der Waals surface area contributed by atoms with Crippen molar-refractivity contribution in [1.82, 2.24) is 20.1 Å². The number of nitriles is 1. The summed E-state index contributed by atoms with van der Waals surface area (Å²) in [7, 11) is 1.90. The fraction of sp³-hybridized carbons (Fsp3) is 0.276. The van der Waals surface area contributed by atoms with Crippen molar-refractivity contribution in [2.45, 2.75) is 31.4 Å². The summed E-state index contributed by atoms with van der Waals surface area (Å²) in [6.45, 7) is 5.80. The molecule has 0 saturated heterocycles. The van der Waals surface area contributed by atoms with Crippen molar-refractivity contribution in [3.05, 3.63) is 95.9 Å². The predicted molar refractivity (Wildman–Crippen MR) is 141 cm³/mol. The number of pyridine rings is 1. The first-order valence-corrected chi connectivity index (χ1v) is 12.1. The van der Waals surface area contributed by atoms with Gasteiger partial charge in [-0.2, -0.15) is 10.4 Å². The molecule has 0 aliphatic carbocycles. The van der Waals surface area contributed by atoms with Crippen LogP contribution in [-0.4, -0.2) is 34.0 Å². The summed E-state index contributed by atoms with van der Waals surface area (Å²) in [4.78, 5) is 4.63. The highest BCUT2D eigenvalue weighted by atomic mass is 16.5. The first-order chi connectivity index (χ1) is 17.4. The number of ether oxygens (including phenoxy) is 1. The molecule has 2 aromatic heterocycles. The molecule has 0 bridgehead atoms. The third-order valence-corrected chi connectivity index (χ3v) is 6.74. The van der Waals surface area contributed by atoms with Crippen molar-refractivity contribution >= 4 is 5.69 Å². The van der Waals surface area contributed by atoms with E-state index in [-0.39, 0.29) is 17.6 Å². The number of rotatable bonds is 7. The Labute approximate surface area is 211 Å². The summed E-state index contributed by atoms with van der Waals surface area (Å²) in [6.07, 6.45) is 5.49. The topological polar surface area (TPSA) is 87.8 Å². The van der Waals surface area contributed by atoms with Gasteiger partial charge in [-0.25, -0.2) is 4.98 Å². The third kappa shape index (κ3) is 4.95. The Morgan fingerprint density at radius 1 is 1.14 bits per heavy atom. The third-order valence-electron chi connectivity index (χ3n) is 6.74. The lowest BCUT2D eigenvalue weighted by Gasteiger charge is -2.35. The number of nitrogens with one attached hydrogen (secondary N) is 2. The number of nitrogens with zero attached hydrogens (tertiary/aromatic N) is 4. The number of anilines is 1. The zero-order valence-electron chi connectivity index (χ0n) is 20.8.